The number of allylic oxidation sites excluding steroid dienone is 1. The summed E-state index contributed by atoms with van der Waals surface area (Å²) in [6, 6.07) is 0. The third-order valence-corrected chi connectivity index (χ3v) is 13.3. The van der Waals surface area contributed by atoms with E-state index in [2.05, 4.69) is 40.7 Å². The monoisotopic (exact) mass is 641 g/mol. The van der Waals surface area contributed by atoms with Gasteiger partial charge in [-0.15, -0.1) is 0 Å². The largest absolute Gasteiger partial charge is 0.870 e. The van der Waals surface area contributed by atoms with Gasteiger partial charge in [0, 0.05) is 6.42 Å². The fourth-order valence-electron chi connectivity index (χ4n) is 9.72. The van der Waals surface area contributed by atoms with Crippen LogP contribution in [0.15, 0.2) is 11.6 Å². The molecule has 0 heterocycles. The number of likely N-dealkylation sites (N-methyl/N-ethyl adjacent to an activating group) is 1. The first kappa shape index (κ1) is 37.7. The van der Waals surface area contributed by atoms with Crippen LogP contribution in [-0.4, -0.2) is 67.3 Å². The van der Waals surface area contributed by atoms with E-state index in [1.165, 1.54) is 57.4 Å². The molecule has 44 heavy (non-hydrogen) atoms. The predicted octanol–water partition coefficient (Wildman–Crippen LogP) is 7.99. The summed E-state index contributed by atoms with van der Waals surface area (Å²) < 4.78 is 29.1. The van der Waals surface area contributed by atoms with Gasteiger partial charge in [-0.25, -0.2) is 9.36 Å². The zero-order chi connectivity index (χ0) is 31.8. The van der Waals surface area contributed by atoms with Gasteiger partial charge >= 0.3 is 13.8 Å². The number of carbonyl (C=O) groups excluding carboxylic acids is 1. The van der Waals surface area contributed by atoms with Crippen molar-refractivity contribution in [1.29, 1.82) is 0 Å². The van der Waals surface area contributed by atoms with Crippen molar-refractivity contribution in [3.05, 3.63) is 11.6 Å². The molecule has 0 aromatic carbocycles. The highest BCUT2D eigenvalue weighted by Crippen LogP contribution is 2.67. The highest BCUT2D eigenvalue weighted by atomic mass is 31.2. The summed E-state index contributed by atoms with van der Waals surface area (Å²) in [4.78, 5) is 23.0. The van der Waals surface area contributed by atoms with Crippen LogP contribution >= 0.6 is 7.82 Å². The molecule has 3 saturated carbocycles. The van der Waals surface area contributed by atoms with Crippen LogP contribution in [0.5, 0.6) is 0 Å². The van der Waals surface area contributed by atoms with Gasteiger partial charge in [-0.1, -0.05) is 65.5 Å². The predicted molar refractivity (Wildman–Crippen MR) is 174 cm³/mol. The first-order valence-electron chi connectivity index (χ1n) is 17.3. The van der Waals surface area contributed by atoms with Crippen LogP contribution in [0.25, 0.3) is 0 Å². The highest BCUT2D eigenvalue weighted by molar-refractivity contribution is 7.47. The lowest BCUT2D eigenvalue weighted by Gasteiger charge is -2.58. The fourth-order valence-corrected chi connectivity index (χ4v) is 10.6. The average molecular weight is 642 g/mol. The number of fused-ring (bicyclic) bond motifs is 5. The molecule has 0 amide bonds. The van der Waals surface area contributed by atoms with Crippen molar-refractivity contribution in [3.8, 4) is 0 Å². The zero-order valence-corrected chi connectivity index (χ0v) is 30.1. The molecular formula is C35H64NO7P. The quantitative estimate of drug-likeness (QED) is 0.0939. The molecule has 8 nitrogen and oxygen atoms in total. The Labute approximate surface area is 268 Å². The van der Waals surface area contributed by atoms with Crippen molar-refractivity contribution in [1.82, 2.24) is 0 Å². The second-order valence-corrected chi connectivity index (χ2v) is 18.1. The number of hydrogen-bond donors (Lipinski definition) is 1. The Morgan fingerprint density at radius 1 is 1.05 bits per heavy atom. The number of phosphoric acid groups is 1. The fraction of sp³-hybridized carbons (Fsp3) is 0.914. The topological polar surface area (TPSA) is 112 Å². The van der Waals surface area contributed by atoms with Gasteiger partial charge < -0.3 is 19.6 Å². The van der Waals surface area contributed by atoms with Gasteiger partial charge in [0.25, 0.3) is 0 Å². The van der Waals surface area contributed by atoms with Crippen LogP contribution in [0.4, 0.5) is 0 Å². The summed E-state index contributed by atoms with van der Waals surface area (Å²) in [5.41, 5.74) is 2.12. The van der Waals surface area contributed by atoms with Crippen molar-refractivity contribution < 1.29 is 38.0 Å². The van der Waals surface area contributed by atoms with E-state index in [1.54, 1.807) is 0 Å². The van der Waals surface area contributed by atoms with Gasteiger partial charge in [0.2, 0.25) is 0 Å². The summed E-state index contributed by atoms with van der Waals surface area (Å²) in [7, 11) is 1.55. The van der Waals surface area contributed by atoms with Gasteiger partial charge in [0.1, 0.15) is 19.3 Å². The van der Waals surface area contributed by atoms with Crippen molar-refractivity contribution in [3.63, 3.8) is 0 Å². The summed E-state index contributed by atoms with van der Waals surface area (Å²) in [6.07, 6.45) is 14.4. The molecule has 0 radical (unpaired) electrons. The molecule has 0 bridgehead atoms. The van der Waals surface area contributed by atoms with Gasteiger partial charge in [-0.05, 0) is 98.2 Å². The van der Waals surface area contributed by atoms with Gasteiger partial charge in [-0.3, -0.25) is 9.05 Å². The van der Waals surface area contributed by atoms with Crippen molar-refractivity contribution in [2.24, 2.45) is 46.3 Å². The van der Waals surface area contributed by atoms with Crippen LogP contribution < -0.4 is 0 Å². The molecule has 3 fully saturated rings. The SMILES string of the molecule is CC(C)CCC[C@@H](C)[C@H]1CCC2C3CC=C4C[C@@H](OC(=O)[C@H](C)OP(=O)(O)OCC[N+](C)(C)C)CC[C@]4(C)C3CC[C@@]21C.[OH-]. The maximum absolute atomic E-state index is 12.9. The molecule has 0 spiro atoms. The summed E-state index contributed by atoms with van der Waals surface area (Å²) >= 11 is 0. The Balaban J connectivity index is 0.00000529. The number of quaternary nitrogens is 1. The second-order valence-electron chi connectivity index (χ2n) is 16.7. The number of ether oxygens (including phenoxy) is 1. The van der Waals surface area contributed by atoms with E-state index in [9.17, 15) is 14.3 Å². The van der Waals surface area contributed by atoms with E-state index < -0.39 is 19.9 Å². The van der Waals surface area contributed by atoms with Gasteiger partial charge in [0.05, 0.1) is 21.1 Å². The average Bonchev–Trinajstić information content (AvgIpc) is 3.24. The van der Waals surface area contributed by atoms with Crippen LogP contribution in [-0.2, 0) is 23.1 Å². The minimum atomic E-state index is -4.35. The maximum Gasteiger partial charge on any atom is 0.473 e. The minimum absolute atomic E-state index is 0. The van der Waals surface area contributed by atoms with E-state index in [0.29, 0.717) is 22.4 Å². The smallest absolute Gasteiger partial charge is 0.473 e. The van der Waals surface area contributed by atoms with Gasteiger partial charge in [0.15, 0.2) is 6.10 Å². The lowest BCUT2D eigenvalue weighted by molar-refractivity contribution is -0.870. The second kappa shape index (κ2) is 14.6. The Hall–Kier alpha value is -0.760. The molecule has 0 aromatic heterocycles. The van der Waals surface area contributed by atoms with Crippen LogP contribution in [0.3, 0.4) is 0 Å². The van der Waals surface area contributed by atoms with Gasteiger partial charge in [-0.2, -0.15) is 0 Å². The Kier molecular flexibility index (Phi) is 12.5. The number of esters is 1. The molecule has 0 aromatic rings. The standard InChI is InChI=1S/C35H62NO6P.H2O/c1-24(2)11-10-12-25(3)30-15-16-31-29-14-13-27-23-28(17-19-34(27,5)32(29)18-20-35(30,31)6)41-33(37)26(4)42-43(38,39)40-22-21-36(7,8)9;/h13,24-26,28-32H,10-12,14-23H2,1-9H3;1H2/t25-,26+,28+,29?,30-,31?,32?,34+,35-;/m1./s1. The number of hydrogen-bond acceptors (Lipinski definition) is 6. The first-order valence-corrected chi connectivity index (χ1v) is 18.8. The number of rotatable bonds is 13. The zero-order valence-electron chi connectivity index (χ0n) is 29.2. The molecule has 2 N–H and O–H groups in total. The van der Waals surface area contributed by atoms with E-state index in [0.717, 1.165) is 55.3 Å². The molecule has 0 aliphatic heterocycles. The number of carbonyl (C=O) groups is 1. The van der Waals surface area contributed by atoms with Crippen molar-refractivity contribution in [2.75, 3.05) is 34.3 Å². The van der Waals surface area contributed by atoms with E-state index in [-0.39, 0.29) is 23.6 Å². The summed E-state index contributed by atoms with van der Waals surface area (Å²) in [5.74, 6) is 4.19. The minimum Gasteiger partial charge on any atom is -0.870 e. The van der Waals surface area contributed by atoms with Crippen LogP contribution in [0, 0.1) is 46.3 Å². The molecule has 4 aliphatic rings. The molecule has 10 atom stereocenters. The normalized spacial score (nSPS) is 36.2. The highest BCUT2D eigenvalue weighted by Gasteiger charge is 2.59. The van der Waals surface area contributed by atoms with Crippen LogP contribution in [0.1, 0.15) is 112 Å². The molecule has 4 rings (SSSR count). The molecule has 256 valence electrons. The molecule has 9 heteroatoms. The molecular weight excluding hydrogens is 577 g/mol. The summed E-state index contributed by atoms with van der Waals surface area (Å²) in [5, 5.41) is 0. The van der Waals surface area contributed by atoms with E-state index in [4.69, 9.17) is 13.8 Å². The summed E-state index contributed by atoms with van der Waals surface area (Å²) in [6.45, 7) is 14.4. The Morgan fingerprint density at radius 2 is 1.75 bits per heavy atom. The van der Waals surface area contributed by atoms with Crippen molar-refractivity contribution >= 4 is 13.8 Å². The van der Waals surface area contributed by atoms with Crippen molar-refractivity contribution in [2.45, 2.75) is 124 Å². The lowest BCUT2D eigenvalue weighted by atomic mass is 9.47. The Bertz CT molecular complexity index is 1060. The van der Waals surface area contributed by atoms with E-state index in [1.807, 2.05) is 21.1 Å². The van der Waals surface area contributed by atoms with Crippen LogP contribution in [0.2, 0.25) is 0 Å². The number of phosphoric ester groups is 1. The third kappa shape index (κ3) is 8.58. The first-order chi connectivity index (χ1) is 19.9. The molecule has 4 aliphatic carbocycles. The van der Waals surface area contributed by atoms with E-state index >= 15 is 0 Å². The Morgan fingerprint density at radius 3 is 2.41 bits per heavy atom. The molecule has 0 saturated heterocycles. The number of nitrogens with zero attached hydrogens (tertiary/aromatic N) is 1. The molecule has 4 unspecified atom stereocenters. The lowest BCUT2D eigenvalue weighted by Crippen LogP contribution is -2.51. The maximum atomic E-state index is 12.9. The third-order valence-electron chi connectivity index (χ3n) is 12.2.